The lowest BCUT2D eigenvalue weighted by atomic mass is 10.0. The maximum absolute atomic E-state index is 12.4. The number of anilines is 1. The molecule has 0 aromatic carbocycles. The third-order valence-electron chi connectivity index (χ3n) is 4.58. The Morgan fingerprint density at radius 2 is 2.17 bits per heavy atom. The molecular formula is C16H25N5O2. The lowest BCUT2D eigenvalue weighted by molar-refractivity contribution is -0.146. The van der Waals surface area contributed by atoms with E-state index in [1.165, 1.54) is 0 Å². The van der Waals surface area contributed by atoms with Gasteiger partial charge >= 0.3 is 0 Å². The van der Waals surface area contributed by atoms with Gasteiger partial charge in [0.2, 0.25) is 11.9 Å². The van der Waals surface area contributed by atoms with Gasteiger partial charge in [0.1, 0.15) is 0 Å². The topological polar surface area (TPSA) is 70.6 Å². The fourth-order valence-electron chi connectivity index (χ4n) is 3.56. The molecule has 2 aliphatic rings. The molecule has 0 unspecified atom stereocenters. The van der Waals surface area contributed by atoms with E-state index in [9.17, 15) is 4.79 Å². The van der Waals surface area contributed by atoms with Crippen LogP contribution in [0.15, 0.2) is 18.5 Å². The monoisotopic (exact) mass is 319 g/mol. The van der Waals surface area contributed by atoms with Crippen LogP contribution in [0.2, 0.25) is 0 Å². The van der Waals surface area contributed by atoms with Crippen LogP contribution in [0.5, 0.6) is 0 Å². The first-order chi connectivity index (χ1) is 11.1. The summed E-state index contributed by atoms with van der Waals surface area (Å²) in [6, 6.07) is 2.01. The molecule has 7 nitrogen and oxygen atoms in total. The summed E-state index contributed by atoms with van der Waals surface area (Å²) in [5.74, 6) is 1.24. The van der Waals surface area contributed by atoms with Crippen molar-refractivity contribution in [1.82, 2.24) is 19.8 Å². The van der Waals surface area contributed by atoms with Crippen LogP contribution >= 0.6 is 0 Å². The van der Waals surface area contributed by atoms with Crippen LogP contribution in [0.1, 0.15) is 12.8 Å². The number of carbonyl (C=O) groups excluding carboxylic acids is 1. The number of nitrogens with zero attached hydrogens (tertiary/aromatic N) is 4. The first-order valence-electron chi connectivity index (χ1n) is 8.22. The summed E-state index contributed by atoms with van der Waals surface area (Å²) < 4.78 is 6.00. The van der Waals surface area contributed by atoms with Crippen LogP contribution in [0.3, 0.4) is 0 Å². The maximum Gasteiger partial charge on any atom is 0.237 e. The fraction of sp³-hybridized carbons (Fsp3) is 0.688. The molecule has 1 saturated heterocycles. The van der Waals surface area contributed by atoms with Crippen molar-refractivity contribution < 1.29 is 9.53 Å². The smallest absolute Gasteiger partial charge is 0.237 e. The number of hydrogen-bond acceptors (Lipinski definition) is 6. The number of amides is 1. The zero-order valence-electron chi connectivity index (χ0n) is 13.8. The zero-order valence-corrected chi connectivity index (χ0v) is 13.8. The van der Waals surface area contributed by atoms with E-state index in [2.05, 4.69) is 15.3 Å². The zero-order chi connectivity index (χ0) is 16.2. The van der Waals surface area contributed by atoms with Gasteiger partial charge in [-0.25, -0.2) is 9.97 Å². The number of nitrogens with one attached hydrogen (secondary N) is 1. The van der Waals surface area contributed by atoms with Crippen molar-refractivity contribution in [2.24, 2.45) is 5.92 Å². The molecule has 0 bridgehead atoms. The summed E-state index contributed by atoms with van der Waals surface area (Å²) in [5, 5.41) is 3.28. The molecule has 1 amide bonds. The lowest BCUT2D eigenvalue weighted by Gasteiger charge is -2.39. The standard InChI is InChI=1S/C16H25N5O2/c1-20(2)11-14(22)21-8-9-23-15-12(4-5-13(15)21)10-19-16-17-6-3-7-18-16/h3,6-7,12-13,15H,4-5,8-11H2,1-2H3,(H,17,18,19)/t12-,13-,15+/m0/s1. The highest BCUT2D eigenvalue weighted by Gasteiger charge is 2.44. The summed E-state index contributed by atoms with van der Waals surface area (Å²) in [5.41, 5.74) is 0. The highest BCUT2D eigenvalue weighted by molar-refractivity contribution is 5.78. The van der Waals surface area contributed by atoms with Gasteiger partial charge in [-0.15, -0.1) is 0 Å². The van der Waals surface area contributed by atoms with Gasteiger partial charge in [0, 0.05) is 31.4 Å². The number of carbonyl (C=O) groups is 1. The largest absolute Gasteiger partial charge is 0.374 e. The molecule has 1 aromatic rings. The predicted octanol–water partition coefficient (Wildman–Crippen LogP) is 0.456. The number of hydrogen-bond donors (Lipinski definition) is 1. The van der Waals surface area contributed by atoms with Crippen molar-refractivity contribution in [2.45, 2.75) is 25.0 Å². The molecule has 7 heteroatoms. The van der Waals surface area contributed by atoms with Gasteiger partial charge in [-0.2, -0.15) is 0 Å². The Morgan fingerprint density at radius 1 is 1.39 bits per heavy atom. The minimum absolute atomic E-state index is 0.117. The van der Waals surface area contributed by atoms with E-state index < -0.39 is 0 Å². The van der Waals surface area contributed by atoms with E-state index >= 15 is 0 Å². The number of rotatable bonds is 5. The van der Waals surface area contributed by atoms with E-state index in [1.807, 2.05) is 23.9 Å². The van der Waals surface area contributed by atoms with E-state index in [1.54, 1.807) is 18.5 Å². The molecule has 0 radical (unpaired) electrons. The quantitative estimate of drug-likeness (QED) is 0.850. The average Bonchev–Trinajstić information content (AvgIpc) is 2.96. The van der Waals surface area contributed by atoms with Crippen molar-refractivity contribution in [3.05, 3.63) is 18.5 Å². The molecule has 2 fully saturated rings. The Hall–Kier alpha value is -1.73. The summed E-state index contributed by atoms with van der Waals surface area (Å²) in [6.07, 6.45) is 5.63. The Morgan fingerprint density at radius 3 is 2.91 bits per heavy atom. The molecule has 1 N–H and O–H groups in total. The van der Waals surface area contributed by atoms with Crippen molar-refractivity contribution in [1.29, 1.82) is 0 Å². The van der Waals surface area contributed by atoms with Gasteiger partial charge in [0.25, 0.3) is 0 Å². The summed E-state index contributed by atoms with van der Waals surface area (Å²) in [4.78, 5) is 24.7. The number of likely N-dealkylation sites (N-methyl/N-ethyl adjacent to an activating group) is 1. The van der Waals surface area contributed by atoms with Gasteiger partial charge in [0.05, 0.1) is 25.3 Å². The number of aromatic nitrogens is 2. The lowest BCUT2D eigenvalue weighted by Crippen LogP contribution is -2.54. The second kappa shape index (κ2) is 7.23. The third kappa shape index (κ3) is 3.79. The minimum Gasteiger partial charge on any atom is -0.374 e. The van der Waals surface area contributed by atoms with Crippen LogP contribution < -0.4 is 5.32 Å². The van der Waals surface area contributed by atoms with Crippen LogP contribution in [-0.4, -0.2) is 78.2 Å². The first kappa shape index (κ1) is 16.1. The van der Waals surface area contributed by atoms with E-state index in [0.717, 1.165) is 19.4 Å². The van der Waals surface area contributed by atoms with Gasteiger partial charge in [0.15, 0.2) is 0 Å². The Balaban J connectivity index is 1.58. The van der Waals surface area contributed by atoms with E-state index in [0.29, 0.717) is 31.6 Å². The van der Waals surface area contributed by atoms with E-state index in [4.69, 9.17) is 4.74 Å². The first-order valence-corrected chi connectivity index (χ1v) is 8.22. The molecule has 1 aliphatic heterocycles. The molecule has 126 valence electrons. The highest BCUT2D eigenvalue weighted by Crippen LogP contribution is 2.34. The van der Waals surface area contributed by atoms with Crippen LogP contribution in [-0.2, 0) is 9.53 Å². The summed E-state index contributed by atoms with van der Waals surface area (Å²) >= 11 is 0. The van der Waals surface area contributed by atoms with Crippen molar-refractivity contribution in [2.75, 3.05) is 45.7 Å². The molecule has 0 spiro atoms. The molecule has 1 aromatic heterocycles. The number of ether oxygens (including phenoxy) is 1. The molecular weight excluding hydrogens is 294 g/mol. The second-order valence-electron chi connectivity index (χ2n) is 6.52. The molecule has 1 saturated carbocycles. The Kier molecular flexibility index (Phi) is 5.07. The highest BCUT2D eigenvalue weighted by atomic mass is 16.5. The molecule has 23 heavy (non-hydrogen) atoms. The van der Waals surface area contributed by atoms with Crippen molar-refractivity contribution in [3.63, 3.8) is 0 Å². The normalized spacial score (nSPS) is 27.1. The number of fused-ring (bicyclic) bond motifs is 1. The summed E-state index contributed by atoms with van der Waals surface area (Å²) in [6.45, 7) is 2.57. The summed E-state index contributed by atoms with van der Waals surface area (Å²) in [7, 11) is 3.86. The molecule has 2 heterocycles. The van der Waals surface area contributed by atoms with Crippen molar-refractivity contribution in [3.8, 4) is 0 Å². The van der Waals surface area contributed by atoms with Crippen LogP contribution in [0.4, 0.5) is 5.95 Å². The minimum atomic E-state index is 0.117. The van der Waals surface area contributed by atoms with Gasteiger partial charge in [-0.1, -0.05) is 0 Å². The van der Waals surface area contributed by atoms with E-state index in [-0.39, 0.29) is 18.1 Å². The maximum atomic E-state index is 12.4. The molecule has 3 atom stereocenters. The average molecular weight is 319 g/mol. The van der Waals surface area contributed by atoms with Crippen LogP contribution in [0, 0.1) is 5.92 Å². The Bertz CT molecular complexity index is 524. The van der Waals surface area contributed by atoms with Gasteiger partial charge < -0.3 is 19.9 Å². The fourth-order valence-corrected chi connectivity index (χ4v) is 3.56. The van der Waals surface area contributed by atoms with Gasteiger partial charge in [-0.3, -0.25) is 4.79 Å². The van der Waals surface area contributed by atoms with Gasteiger partial charge in [-0.05, 0) is 33.0 Å². The Labute approximate surface area is 137 Å². The molecule has 1 aliphatic carbocycles. The third-order valence-corrected chi connectivity index (χ3v) is 4.58. The second-order valence-corrected chi connectivity index (χ2v) is 6.52. The molecule has 3 rings (SSSR count). The van der Waals surface area contributed by atoms with Crippen molar-refractivity contribution >= 4 is 11.9 Å². The SMILES string of the molecule is CN(C)CC(=O)N1CCO[C@@H]2[C@H](CNc3ncccn3)CC[C@@H]21. The predicted molar refractivity (Wildman–Crippen MR) is 87.0 cm³/mol. The van der Waals surface area contributed by atoms with Crippen LogP contribution in [0.25, 0.3) is 0 Å². The number of morpholine rings is 1.